The third-order valence-corrected chi connectivity index (χ3v) is 4.70. The Kier molecular flexibility index (Phi) is 3.38. The molecule has 0 amide bonds. The number of benzene rings is 1. The Morgan fingerprint density at radius 1 is 1.37 bits per heavy atom. The lowest BCUT2D eigenvalue weighted by Crippen LogP contribution is -2.51. The molecular weight excluding hydrogens is 258 g/mol. The minimum absolute atomic E-state index is 0.462. The molecule has 3 nitrogen and oxygen atoms in total. The summed E-state index contributed by atoms with van der Waals surface area (Å²) in [5.74, 6) is 0. The number of para-hydroxylation sites is 1. The molecule has 2 atom stereocenters. The van der Waals surface area contributed by atoms with Crippen LogP contribution in [0.15, 0.2) is 24.3 Å². The molecule has 0 bridgehead atoms. The predicted octanol–water partition coefficient (Wildman–Crippen LogP) is 3.27. The number of hydrogen-bond donors (Lipinski definition) is 1. The second-order valence-corrected chi connectivity index (χ2v) is 5.99. The van der Waals surface area contributed by atoms with Gasteiger partial charge in [-0.15, -0.1) is 0 Å². The number of halogens is 1. The first-order valence-corrected chi connectivity index (χ1v) is 7.28. The topological polar surface area (TPSA) is 39.1 Å². The van der Waals surface area contributed by atoms with Crippen LogP contribution in [0.5, 0.6) is 0 Å². The summed E-state index contributed by atoms with van der Waals surface area (Å²) in [6.07, 6.45) is 4.24. The molecule has 2 heterocycles. The lowest BCUT2D eigenvalue weighted by Gasteiger charge is -2.41. The molecule has 0 saturated carbocycles. The molecule has 2 fully saturated rings. The molecule has 2 aliphatic heterocycles. The van der Waals surface area contributed by atoms with Gasteiger partial charge in [0.25, 0.3) is 0 Å². The largest absolute Gasteiger partial charge is 0.366 e. The van der Waals surface area contributed by atoms with E-state index in [1.165, 1.54) is 19.4 Å². The minimum Gasteiger partial charge on any atom is -0.366 e. The summed E-state index contributed by atoms with van der Waals surface area (Å²) >= 11 is 6.19. The highest BCUT2D eigenvalue weighted by Crippen LogP contribution is 2.36. The third-order valence-electron chi connectivity index (χ3n) is 4.37. The fraction of sp³-hybridized carbons (Fsp3) is 0.533. The third kappa shape index (κ3) is 2.43. The molecule has 0 radical (unpaired) electrons. The molecule has 4 heteroatoms. The molecule has 19 heavy (non-hydrogen) atoms. The number of nitrogens with zero attached hydrogens (tertiary/aromatic N) is 2. The Labute approximate surface area is 119 Å². The molecule has 1 aromatic rings. The van der Waals surface area contributed by atoms with Crippen molar-refractivity contribution in [3.05, 3.63) is 29.3 Å². The maximum atomic E-state index is 9.64. The van der Waals surface area contributed by atoms with E-state index in [0.717, 1.165) is 25.1 Å². The Morgan fingerprint density at radius 3 is 3.00 bits per heavy atom. The first kappa shape index (κ1) is 12.8. The van der Waals surface area contributed by atoms with E-state index in [0.29, 0.717) is 11.1 Å². The van der Waals surface area contributed by atoms with Crippen molar-refractivity contribution in [2.75, 3.05) is 18.4 Å². The van der Waals surface area contributed by atoms with E-state index in [9.17, 15) is 5.26 Å². The summed E-state index contributed by atoms with van der Waals surface area (Å²) in [6.45, 7) is 2.20. The maximum Gasteiger partial charge on any atom is 0.128 e. The quantitative estimate of drug-likeness (QED) is 0.900. The minimum atomic E-state index is -0.462. The zero-order valence-electron chi connectivity index (χ0n) is 10.9. The fourth-order valence-electron chi connectivity index (χ4n) is 3.32. The van der Waals surface area contributed by atoms with Gasteiger partial charge in [0, 0.05) is 12.6 Å². The first-order valence-electron chi connectivity index (χ1n) is 6.90. The lowest BCUT2D eigenvalue weighted by atomic mass is 9.84. The number of anilines is 1. The van der Waals surface area contributed by atoms with Gasteiger partial charge in [0.1, 0.15) is 5.54 Å². The van der Waals surface area contributed by atoms with Crippen LogP contribution in [0, 0.1) is 11.3 Å². The zero-order valence-corrected chi connectivity index (χ0v) is 11.7. The van der Waals surface area contributed by atoms with E-state index in [2.05, 4.69) is 16.3 Å². The summed E-state index contributed by atoms with van der Waals surface area (Å²) in [5.41, 5.74) is 0.411. The summed E-state index contributed by atoms with van der Waals surface area (Å²) in [4.78, 5) is 2.52. The van der Waals surface area contributed by atoms with Crippen molar-refractivity contribution >= 4 is 17.3 Å². The molecule has 1 aromatic carbocycles. The van der Waals surface area contributed by atoms with Crippen LogP contribution >= 0.6 is 11.6 Å². The fourth-order valence-corrected chi connectivity index (χ4v) is 3.51. The van der Waals surface area contributed by atoms with Gasteiger partial charge in [0.2, 0.25) is 0 Å². The molecule has 0 aliphatic carbocycles. The summed E-state index contributed by atoms with van der Waals surface area (Å²) in [5, 5.41) is 13.7. The van der Waals surface area contributed by atoms with Gasteiger partial charge >= 0.3 is 0 Å². The Bertz CT molecular complexity index is 510. The lowest BCUT2D eigenvalue weighted by molar-refractivity contribution is 0.165. The normalized spacial score (nSPS) is 30.6. The molecule has 0 aromatic heterocycles. The molecule has 2 saturated heterocycles. The van der Waals surface area contributed by atoms with E-state index < -0.39 is 5.54 Å². The molecule has 100 valence electrons. The molecule has 2 unspecified atom stereocenters. The Morgan fingerprint density at radius 2 is 2.21 bits per heavy atom. The van der Waals surface area contributed by atoms with E-state index in [-0.39, 0.29) is 0 Å². The smallest absolute Gasteiger partial charge is 0.128 e. The number of nitriles is 1. The van der Waals surface area contributed by atoms with Gasteiger partial charge in [-0.1, -0.05) is 23.7 Å². The van der Waals surface area contributed by atoms with Crippen LogP contribution in [0.2, 0.25) is 5.02 Å². The monoisotopic (exact) mass is 275 g/mol. The van der Waals surface area contributed by atoms with Crippen molar-refractivity contribution in [3.63, 3.8) is 0 Å². The molecule has 0 spiro atoms. The van der Waals surface area contributed by atoms with Crippen LogP contribution in [0.25, 0.3) is 0 Å². The predicted molar refractivity (Wildman–Crippen MR) is 77.2 cm³/mol. The van der Waals surface area contributed by atoms with Crippen LogP contribution < -0.4 is 5.32 Å². The van der Waals surface area contributed by atoms with Gasteiger partial charge in [-0.25, -0.2) is 0 Å². The highest BCUT2D eigenvalue weighted by Gasteiger charge is 2.42. The second kappa shape index (κ2) is 5.03. The van der Waals surface area contributed by atoms with Gasteiger partial charge in [-0.05, 0) is 44.4 Å². The van der Waals surface area contributed by atoms with Crippen molar-refractivity contribution < 1.29 is 0 Å². The molecular formula is C15H18ClN3. The maximum absolute atomic E-state index is 9.64. The van der Waals surface area contributed by atoms with Crippen LogP contribution in [0.4, 0.5) is 5.69 Å². The second-order valence-electron chi connectivity index (χ2n) is 5.58. The van der Waals surface area contributed by atoms with E-state index in [1.54, 1.807) is 0 Å². The van der Waals surface area contributed by atoms with Crippen molar-refractivity contribution in [2.45, 2.75) is 37.3 Å². The van der Waals surface area contributed by atoms with Crippen LogP contribution in [0.3, 0.4) is 0 Å². The van der Waals surface area contributed by atoms with Crippen molar-refractivity contribution in [1.29, 1.82) is 5.26 Å². The summed E-state index contributed by atoms with van der Waals surface area (Å²) in [7, 11) is 0. The molecule has 3 rings (SSSR count). The Balaban J connectivity index is 1.81. The van der Waals surface area contributed by atoms with Crippen molar-refractivity contribution in [3.8, 4) is 6.07 Å². The average molecular weight is 276 g/mol. The van der Waals surface area contributed by atoms with E-state index >= 15 is 0 Å². The first-order chi connectivity index (χ1) is 9.22. The summed E-state index contributed by atoms with van der Waals surface area (Å²) < 4.78 is 0. The zero-order chi connectivity index (χ0) is 13.3. The van der Waals surface area contributed by atoms with Crippen LogP contribution in [-0.2, 0) is 0 Å². The number of piperidine rings is 1. The van der Waals surface area contributed by atoms with Crippen LogP contribution in [-0.4, -0.2) is 29.6 Å². The highest BCUT2D eigenvalue weighted by atomic mass is 35.5. The van der Waals surface area contributed by atoms with Gasteiger partial charge in [-0.3, -0.25) is 0 Å². The number of hydrogen-bond acceptors (Lipinski definition) is 3. The average Bonchev–Trinajstić information content (AvgIpc) is 2.88. The van der Waals surface area contributed by atoms with Gasteiger partial charge in [-0.2, -0.15) is 5.26 Å². The van der Waals surface area contributed by atoms with Crippen molar-refractivity contribution in [2.24, 2.45) is 0 Å². The Hall–Kier alpha value is -1.24. The SMILES string of the molecule is N#CC1(Nc2ccccc2Cl)CCN2CCCC2C1. The van der Waals surface area contributed by atoms with Crippen molar-refractivity contribution in [1.82, 2.24) is 4.90 Å². The number of nitrogens with one attached hydrogen (secondary N) is 1. The standard InChI is InChI=1S/C15H18ClN3/c16-13-5-1-2-6-14(13)18-15(11-17)7-9-19-8-3-4-12(19)10-15/h1-2,5-6,12,18H,3-4,7-10H2. The summed E-state index contributed by atoms with van der Waals surface area (Å²) in [6, 6.07) is 10.7. The number of rotatable bonds is 2. The van der Waals surface area contributed by atoms with Gasteiger partial charge in [0.15, 0.2) is 0 Å². The van der Waals surface area contributed by atoms with E-state index in [1.807, 2.05) is 24.3 Å². The number of fused-ring (bicyclic) bond motifs is 1. The van der Waals surface area contributed by atoms with E-state index in [4.69, 9.17) is 11.6 Å². The van der Waals surface area contributed by atoms with Gasteiger partial charge in [0.05, 0.1) is 16.8 Å². The van der Waals surface area contributed by atoms with Crippen LogP contribution in [0.1, 0.15) is 25.7 Å². The highest BCUT2D eigenvalue weighted by molar-refractivity contribution is 6.33. The molecule has 1 N–H and O–H groups in total. The molecule has 2 aliphatic rings. The van der Waals surface area contributed by atoms with Gasteiger partial charge < -0.3 is 10.2 Å².